The summed E-state index contributed by atoms with van der Waals surface area (Å²) >= 11 is 0. The van der Waals surface area contributed by atoms with Crippen LogP contribution in [0.4, 0.5) is 14.9 Å². The zero-order valence-corrected chi connectivity index (χ0v) is 13.0. The van der Waals surface area contributed by atoms with Crippen molar-refractivity contribution in [3.8, 4) is 0 Å². The molecule has 1 aromatic carbocycles. The Morgan fingerprint density at radius 3 is 2.71 bits per heavy atom. The highest BCUT2D eigenvalue weighted by Crippen LogP contribution is 2.23. The summed E-state index contributed by atoms with van der Waals surface area (Å²) < 4.78 is 16.0. The van der Waals surface area contributed by atoms with Gasteiger partial charge in [-0.25, -0.2) is 14.2 Å². The minimum atomic E-state index is -0.720. The van der Waals surface area contributed by atoms with Crippen LogP contribution in [0.3, 0.4) is 0 Å². The predicted molar refractivity (Wildman–Crippen MR) is 87.8 cm³/mol. The number of hydrogen-bond acceptors (Lipinski definition) is 3. The van der Waals surface area contributed by atoms with E-state index < -0.39 is 17.9 Å². The maximum atomic E-state index is 14.2. The number of carbonyl (C=O) groups is 1. The van der Waals surface area contributed by atoms with Gasteiger partial charge in [0.25, 0.3) is 0 Å². The van der Waals surface area contributed by atoms with Crippen molar-refractivity contribution in [1.82, 2.24) is 19.9 Å². The molecule has 24 heavy (non-hydrogen) atoms. The Hall–Kier alpha value is -3.22. The van der Waals surface area contributed by atoms with Crippen molar-refractivity contribution in [2.45, 2.75) is 6.04 Å². The van der Waals surface area contributed by atoms with Crippen LogP contribution in [-0.4, -0.2) is 20.6 Å². The van der Waals surface area contributed by atoms with E-state index in [9.17, 15) is 9.18 Å². The number of nitrogens with one attached hydrogen (secondary N) is 2. The van der Waals surface area contributed by atoms with E-state index in [-0.39, 0.29) is 0 Å². The van der Waals surface area contributed by atoms with Gasteiger partial charge in [0.1, 0.15) is 17.7 Å². The molecule has 0 saturated heterocycles. The van der Waals surface area contributed by atoms with Crippen molar-refractivity contribution in [2.24, 2.45) is 7.05 Å². The molecule has 122 valence electrons. The molecule has 2 heterocycles. The van der Waals surface area contributed by atoms with E-state index in [1.807, 2.05) is 0 Å². The first kappa shape index (κ1) is 15.7. The first-order chi connectivity index (χ1) is 11.6. The predicted octanol–water partition coefficient (Wildman–Crippen LogP) is 2.87. The molecule has 2 amide bonds. The number of anilines is 1. The van der Waals surface area contributed by atoms with Crippen LogP contribution in [0.15, 0.2) is 61.2 Å². The van der Waals surface area contributed by atoms with E-state index in [4.69, 9.17) is 0 Å². The molecule has 0 bridgehead atoms. The van der Waals surface area contributed by atoms with Gasteiger partial charge in [-0.15, -0.1) is 0 Å². The number of amides is 2. The largest absolute Gasteiger partial charge is 0.336 e. The second-order valence-corrected chi connectivity index (χ2v) is 5.19. The van der Waals surface area contributed by atoms with Gasteiger partial charge in [0.2, 0.25) is 0 Å². The summed E-state index contributed by atoms with van der Waals surface area (Å²) in [4.78, 5) is 20.5. The monoisotopic (exact) mass is 325 g/mol. The standard InChI is InChI=1S/C17H16FN5O/c1-23-10-9-20-16(23)15(13-6-2-3-7-14(13)18)22-17(24)21-12-5-4-8-19-11-12/h2-11,15H,1H3,(H2,21,22,24)/t15-/m0/s1. The lowest BCUT2D eigenvalue weighted by molar-refractivity contribution is 0.249. The summed E-state index contributed by atoms with van der Waals surface area (Å²) in [5.74, 6) is 0.119. The van der Waals surface area contributed by atoms with Gasteiger partial charge < -0.3 is 15.2 Å². The fraction of sp³-hybridized carbons (Fsp3) is 0.118. The van der Waals surface area contributed by atoms with Crippen molar-refractivity contribution in [1.29, 1.82) is 0 Å². The molecule has 0 fully saturated rings. The Labute approximate surface area is 138 Å². The zero-order chi connectivity index (χ0) is 16.9. The number of imidazole rings is 1. The molecule has 0 radical (unpaired) electrons. The number of urea groups is 1. The number of halogens is 1. The van der Waals surface area contributed by atoms with Gasteiger partial charge in [-0.3, -0.25) is 4.98 Å². The molecule has 1 atom stereocenters. The normalized spacial score (nSPS) is 11.8. The SMILES string of the molecule is Cn1ccnc1[C@@H](NC(=O)Nc1cccnc1)c1ccccc1F. The highest BCUT2D eigenvalue weighted by Gasteiger charge is 2.23. The molecule has 2 N–H and O–H groups in total. The average Bonchev–Trinajstić information content (AvgIpc) is 3.00. The number of rotatable bonds is 4. The second-order valence-electron chi connectivity index (χ2n) is 5.19. The average molecular weight is 325 g/mol. The molecule has 0 aliphatic rings. The quantitative estimate of drug-likeness (QED) is 0.775. The molecule has 0 spiro atoms. The van der Waals surface area contributed by atoms with Crippen molar-refractivity contribution < 1.29 is 9.18 Å². The van der Waals surface area contributed by atoms with E-state index in [1.54, 1.807) is 60.5 Å². The van der Waals surface area contributed by atoms with Gasteiger partial charge in [0, 0.05) is 31.2 Å². The van der Waals surface area contributed by atoms with E-state index in [2.05, 4.69) is 20.6 Å². The van der Waals surface area contributed by atoms with E-state index in [0.29, 0.717) is 17.1 Å². The Morgan fingerprint density at radius 2 is 2.04 bits per heavy atom. The third-order valence-corrected chi connectivity index (χ3v) is 3.53. The van der Waals surface area contributed by atoms with Crippen molar-refractivity contribution >= 4 is 11.7 Å². The Balaban J connectivity index is 1.87. The van der Waals surface area contributed by atoms with E-state index >= 15 is 0 Å². The van der Waals surface area contributed by atoms with Crippen molar-refractivity contribution in [2.75, 3.05) is 5.32 Å². The zero-order valence-electron chi connectivity index (χ0n) is 13.0. The second kappa shape index (κ2) is 6.91. The molecule has 6 nitrogen and oxygen atoms in total. The van der Waals surface area contributed by atoms with Gasteiger partial charge in [0.15, 0.2) is 0 Å². The lowest BCUT2D eigenvalue weighted by atomic mass is 10.1. The van der Waals surface area contributed by atoms with E-state index in [1.165, 1.54) is 12.3 Å². The first-order valence-corrected chi connectivity index (χ1v) is 7.34. The summed E-state index contributed by atoms with van der Waals surface area (Å²) in [5, 5.41) is 5.44. The molecule has 0 unspecified atom stereocenters. The lowest BCUT2D eigenvalue weighted by Gasteiger charge is -2.20. The molecule has 2 aromatic heterocycles. The van der Waals surface area contributed by atoms with E-state index in [0.717, 1.165) is 0 Å². The van der Waals surface area contributed by atoms with Crippen LogP contribution in [0.25, 0.3) is 0 Å². The summed E-state index contributed by atoms with van der Waals surface area (Å²) in [6.07, 6.45) is 6.48. The summed E-state index contributed by atoms with van der Waals surface area (Å²) in [6, 6.07) is 8.53. The molecule has 0 aliphatic carbocycles. The van der Waals surface area contributed by atoms with Gasteiger partial charge >= 0.3 is 6.03 Å². The fourth-order valence-corrected chi connectivity index (χ4v) is 2.38. The first-order valence-electron chi connectivity index (χ1n) is 7.34. The number of nitrogens with zero attached hydrogens (tertiary/aromatic N) is 3. The van der Waals surface area contributed by atoms with Crippen LogP contribution in [-0.2, 0) is 7.05 Å². The minimum Gasteiger partial charge on any atom is -0.336 e. The highest BCUT2D eigenvalue weighted by atomic mass is 19.1. The number of aryl methyl sites for hydroxylation is 1. The van der Waals surface area contributed by atoms with Crippen LogP contribution >= 0.6 is 0 Å². The minimum absolute atomic E-state index is 0.341. The van der Waals surface area contributed by atoms with Crippen molar-refractivity contribution in [3.63, 3.8) is 0 Å². The molecular formula is C17H16FN5O. The Morgan fingerprint density at radius 1 is 1.21 bits per heavy atom. The molecule has 0 aliphatic heterocycles. The maximum Gasteiger partial charge on any atom is 0.320 e. The van der Waals surface area contributed by atoms with Crippen LogP contribution in [0.5, 0.6) is 0 Å². The number of pyridine rings is 1. The van der Waals surface area contributed by atoms with Gasteiger partial charge in [-0.1, -0.05) is 18.2 Å². The molecule has 0 saturated carbocycles. The van der Waals surface area contributed by atoms with Crippen LogP contribution in [0.1, 0.15) is 17.4 Å². The maximum absolute atomic E-state index is 14.2. The lowest BCUT2D eigenvalue weighted by Crippen LogP contribution is -2.35. The summed E-state index contributed by atoms with van der Waals surface area (Å²) in [5.41, 5.74) is 0.885. The van der Waals surface area contributed by atoms with Crippen LogP contribution in [0, 0.1) is 5.82 Å². The van der Waals surface area contributed by atoms with Crippen molar-refractivity contribution in [3.05, 3.63) is 78.4 Å². The third-order valence-electron chi connectivity index (χ3n) is 3.53. The fourth-order valence-electron chi connectivity index (χ4n) is 2.38. The smallest absolute Gasteiger partial charge is 0.320 e. The number of hydrogen-bond donors (Lipinski definition) is 2. The number of aromatic nitrogens is 3. The van der Waals surface area contributed by atoms with Crippen LogP contribution in [0.2, 0.25) is 0 Å². The Kier molecular flexibility index (Phi) is 4.51. The molecular weight excluding hydrogens is 309 g/mol. The van der Waals surface area contributed by atoms with Gasteiger partial charge in [0.05, 0.1) is 11.9 Å². The number of carbonyl (C=O) groups excluding carboxylic acids is 1. The summed E-state index contributed by atoms with van der Waals surface area (Å²) in [6.45, 7) is 0. The molecule has 3 aromatic rings. The third kappa shape index (κ3) is 3.40. The van der Waals surface area contributed by atoms with Crippen LogP contribution < -0.4 is 10.6 Å². The van der Waals surface area contributed by atoms with Gasteiger partial charge in [-0.2, -0.15) is 0 Å². The highest BCUT2D eigenvalue weighted by molar-refractivity contribution is 5.89. The summed E-state index contributed by atoms with van der Waals surface area (Å²) in [7, 11) is 1.79. The Bertz CT molecular complexity index is 834. The number of benzene rings is 1. The molecule has 3 rings (SSSR count). The topological polar surface area (TPSA) is 71.8 Å². The van der Waals surface area contributed by atoms with Gasteiger partial charge in [-0.05, 0) is 18.2 Å². The molecule has 7 heteroatoms.